The van der Waals surface area contributed by atoms with Gasteiger partial charge in [0.15, 0.2) is 0 Å². The maximum Gasteiger partial charge on any atom is 0.297 e. The molecular formula is C37H39N3O7S. The number of piperazine rings is 1. The smallest absolute Gasteiger partial charge is 0.297 e. The zero-order valence-corrected chi connectivity index (χ0v) is 27.6. The number of nitrogens with one attached hydrogen (secondary N) is 1. The summed E-state index contributed by atoms with van der Waals surface area (Å²) in [5, 5.41) is 2.73. The number of rotatable bonds is 12. The molecule has 4 aromatic rings. The lowest BCUT2D eigenvalue weighted by molar-refractivity contribution is -0.130. The van der Waals surface area contributed by atoms with Crippen LogP contribution in [0.2, 0.25) is 0 Å². The third-order valence-corrected chi connectivity index (χ3v) is 9.88. The van der Waals surface area contributed by atoms with Gasteiger partial charge in [-0.05, 0) is 67.1 Å². The number of hydrogen-bond acceptors (Lipinski definition) is 8. The second-order valence-electron chi connectivity index (χ2n) is 12.0. The monoisotopic (exact) mass is 669 g/mol. The Kier molecular flexibility index (Phi) is 10.3. The van der Waals surface area contributed by atoms with Crippen molar-refractivity contribution >= 4 is 27.6 Å². The van der Waals surface area contributed by atoms with Crippen LogP contribution in [0.5, 0.6) is 11.5 Å². The van der Waals surface area contributed by atoms with Gasteiger partial charge in [-0.2, -0.15) is 8.42 Å². The predicted octanol–water partition coefficient (Wildman–Crippen LogP) is 4.97. The summed E-state index contributed by atoms with van der Waals surface area (Å²) >= 11 is 0. The Balaban J connectivity index is 0.906. The molecule has 0 unspecified atom stereocenters. The molecule has 1 aliphatic heterocycles. The number of amides is 2. The molecule has 48 heavy (non-hydrogen) atoms. The fraction of sp³-hybridized carbons (Fsp3) is 0.297. The van der Waals surface area contributed by atoms with Crippen molar-refractivity contribution in [3.8, 4) is 11.5 Å². The number of carbonyl (C=O) groups excluding carboxylic acids is 2. The van der Waals surface area contributed by atoms with Crippen LogP contribution in [-0.4, -0.2) is 70.1 Å². The van der Waals surface area contributed by atoms with Crippen LogP contribution in [-0.2, 0) is 25.7 Å². The molecule has 2 aliphatic rings. The number of ether oxygens (including phenoxy) is 2. The summed E-state index contributed by atoms with van der Waals surface area (Å²) in [6.45, 7) is 4.79. The van der Waals surface area contributed by atoms with Crippen molar-refractivity contribution in [2.75, 3.05) is 37.6 Å². The lowest BCUT2D eigenvalue weighted by Crippen LogP contribution is -2.51. The maximum atomic E-state index is 12.9. The third-order valence-electron chi connectivity index (χ3n) is 8.51. The topological polar surface area (TPSA) is 114 Å². The van der Waals surface area contributed by atoms with Gasteiger partial charge in [-0.1, -0.05) is 54.1 Å². The molecular weight excluding hydrogens is 630 g/mol. The molecule has 1 heterocycles. The van der Waals surface area contributed by atoms with Crippen LogP contribution in [0.15, 0.2) is 108 Å². The van der Waals surface area contributed by atoms with Gasteiger partial charge in [0.05, 0.1) is 17.5 Å². The van der Waals surface area contributed by atoms with E-state index in [9.17, 15) is 18.0 Å². The molecule has 2 amide bonds. The van der Waals surface area contributed by atoms with Crippen molar-refractivity contribution in [3.05, 3.63) is 120 Å². The van der Waals surface area contributed by atoms with Gasteiger partial charge in [-0.3, -0.25) is 13.8 Å². The highest BCUT2D eigenvalue weighted by Crippen LogP contribution is 2.31. The summed E-state index contributed by atoms with van der Waals surface area (Å²) < 4.78 is 42.3. The van der Waals surface area contributed by atoms with Crippen LogP contribution >= 0.6 is 0 Å². The summed E-state index contributed by atoms with van der Waals surface area (Å²) in [7, 11) is -3.85. The molecule has 4 aromatic carbocycles. The van der Waals surface area contributed by atoms with Gasteiger partial charge in [0.25, 0.3) is 16.0 Å². The quantitative estimate of drug-likeness (QED) is 0.211. The Bertz CT molecular complexity index is 1800. The minimum atomic E-state index is -3.85. The summed E-state index contributed by atoms with van der Waals surface area (Å²) in [6, 6.07) is 31.3. The zero-order chi connectivity index (χ0) is 33.5. The Hall–Kier alpha value is -4.87. The molecule has 2 fully saturated rings. The fourth-order valence-corrected chi connectivity index (χ4v) is 6.71. The average molecular weight is 670 g/mol. The lowest BCUT2D eigenvalue weighted by Gasteiger charge is -2.36. The van der Waals surface area contributed by atoms with Crippen LogP contribution in [0.25, 0.3) is 0 Å². The Morgan fingerprint density at radius 2 is 1.50 bits per heavy atom. The molecule has 1 saturated heterocycles. The molecule has 1 aliphatic carbocycles. The molecule has 10 nitrogen and oxygen atoms in total. The normalized spacial score (nSPS) is 17.7. The number of anilines is 1. The zero-order valence-electron chi connectivity index (χ0n) is 26.8. The van der Waals surface area contributed by atoms with Crippen molar-refractivity contribution in [2.24, 2.45) is 0 Å². The number of carbonyl (C=O) groups is 2. The SMILES string of the molecule is Cc1ccc(S(=O)(=O)O[C@H]2C[C@H](Oc3cccc(C(=O)NCC(=O)N4CCN(c5ccc(OCc6ccccc6)cc5)CC4)c3)C2)cc1. The molecule has 6 rings (SSSR count). The van der Waals surface area contributed by atoms with E-state index in [2.05, 4.69) is 10.2 Å². The lowest BCUT2D eigenvalue weighted by atomic mass is 9.92. The van der Waals surface area contributed by atoms with Crippen molar-refractivity contribution in [1.29, 1.82) is 0 Å². The minimum absolute atomic E-state index is 0.103. The maximum absolute atomic E-state index is 12.9. The average Bonchev–Trinajstić information content (AvgIpc) is 3.09. The second kappa shape index (κ2) is 14.9. The predicted molar refractivity (Wildman–Crippen MR) is 182 cm³/mol. The van der Waals surface area contributed by atoms with Gasteiger partial charge < -0.3 is 24.6 Å². The molecule has 250 valence electrons. The second-order valence-corrected chi connectivity index (χ2v) is 13.6. The number of aryl methyl sites for hydroxylation is 1. The highest BCUT2D eigenvalue weighted by Gasteiger charge is 2.36. The number of benzene rings is 4. The van der Waals surface area contributed by atoms with E-state index in [0.717, 1.165) is 22.6 Å². The summed E-state index contributed by atoms with van der Waals surface area (Å²) in [5.41, 5.74) is 3.52. The van der Waals surface area contributed by atoms with E-state index in [0.29, 0.717) is 56.9 Å². The van der Waals surface area contributed by atoms with E-state index < -0.39 is 16.2 Å². The van der Waals surface area contributed by atoms with Crippen molar-refractivity contribution in [3.63, 3.8) is 0 Å². The molecule has 1 N–H and O–H groups in total. The molecule has 11 heteroatoms. The molecule has 0 atom stereocenters. The Morgan fingerprint density at radius 3 is 2.21 bits per heavy atom. The first-order valence-corrected chi connectivity index (χ1v) is 17.5. The largest absolute Gasteiger partial charge is 0.490 e. The van der Waals surface area contributed by atoms with Crippen molar-refractivity contribution in [2.45, 2.75) is 43.5 Å². The molecule has 0 radical (unpaired) electrons. The van der Waals surface area contributed by atoms with Gasteiger partial charge in [0.1, 0.15) is 24.2 Å². The van der Waals surface area contributed by atoms with Gasteiger partial charge in [-0.25, -0.2) is 0 Å². The van der Waals surface area contributed by atoms with E-state index in [4.69, 9.17) is 13.7 Å². The van der Waals surface area contributed by atoms with Gasteiger partial charge in [0.2, 0.25) is 5.91 Å². The number of nitrogens with zero attached hydrogens (tertiary/aromatic N) is 2. The Morgan fingerprint density at radius 1 is 0.792 bits per heavy atom. The molecule has 1 saturated carbocycles. The Labute approximate surface area is 281 Å². The van der Waals surface area contributed by atoms with Crippen LogP contribution in [0.3, 0.4) is 0 Å². The van der Waals surface area contributed by atoms with Gasteiger partial charge >= 0.3 is 0 Å². The highest BCUT2D eigenvalue weighted by atomic mass is 32.2. The standard InChI is InChI=1S/C37H39N3O7S/c1-27-10-16-35(17-11-27)48(43,44)47-34-23-33(24-34)46-32-9-5-8-29(22-32)37(42)38-25-36(41)40-20-18-39(19-21-40)30-12-14-31(15-13-30)45-26-28-6-3-2-4-7-28/h2-17,22,33-34H,18-21,23-26H2,1H3,(H,38,42)/t33-,34-. The van der Waals surface area contributed by atoms with Crippen LogP contribution in [0, 0.1) is 6.92 Å². The van der Waals surface area contributed by atoms with Gasteiger partial charge in [0, 0.05) is 50.3 Å². The van der Waals surface area contributed by atoms with Crippen molar-refractivity contribution < 1.29 is 31.7 Å². The first kappa shape index (κ1) is 33.0. The van der Waals surface area contributed by atoms with Crippen molar-refractivity contribution in [1.82, 2.24) is 10.2 Å². The first-order chi connectivity index (χ1) is 23.2. The van der Waals surface area contributed by atoms with Crippen LogP contribution in [0.4, 0.5) is 5.69 Å². The van der Waals surface area contributed by atoms with E-state index in [1.165, 1.54) is 12.1 Å². The summed E-state index contributed by atoms with van der Waals surface area (Å²) in [5.74, 6) is 0.783. The van der Waals surface area contributed by atoms with Gasteiger partial charge in [-0.15, -0.1) is 0 Å². The highest BCUT2D eigenvalue weighted by molar-refractivity contribution is 7.86. The first-order valence-electron chi connectivity index (χ1n) is 16.1. The molecule has 0 bridgehead atoms. The summed E-state index contributed by atoms with van der Waals surface area (Å²) in [6.07, 6.45) is 0.133. The van der Waals surface area contributed by atoms with Crippen LogP contribution < -0.4 is 19.7 Å². The fourth-order valence-electron chi connectivity index (χ4n) is 5.61. The summed E-state index contributed by atoms with van der Waals surface area (Å²) in [4.78, 5) is 29.9. The van der Waals surface area contributed by atoms with Crippen LogP contribution in [0.1, 0.15) is 34.3 Å². The van der Waals surface area contributed by atoms with E-state index in [1.54, 1.807) is 41.3 Å². The molecule has 0 aromatic heterocycles. The van der Waals surface area contributed by atoms with E-state index >= 15 is 0 Å². The molecule has 0 spiro atoms. The van der Waals surface area contributed by atoms with E-state index in [1.807, 2.05) is 61.5 Å². The minimum Gasteiger partial charge on any atom is -0.490 e. The third kappa shape index (κ3) is 8.53. The number of hydrogen-bond donors (Lipinski definition) is 1. The van der Waals surface area contributed by atoms with E-state index in [-0.39, 0.29) is 29.4 Å².